The maximum Gasteiger partial charge on any atom is 0.234 e. The van der Waals surface area contributed by atoms with Gasteiger partial charge in [0.1, 0.15) is 0 Å². The molecule has 0 fully saturated rings. The minimum Gasteiger partial charge on any atom is -0.339 e. The molecule has 2 N–H and O–H groups in total. The second-order valence-corrected chi connectivity index (χ2v) is 6.98. The number of fused-ring (bicyclic) bond motifs is 1. The summed E-state index contributed by atoms with van der Waals surface area (Å²) in [6, 6.07) is 8.33. The number of hydrogen-bond acceptors (Lipinski definition) is 4. The van der Waals surface area contributed by atoms with Gasteiger partial charge in [-0.3, -0.25) is 0 Å². The van der Waals surface area contributed by atoms with Gasteiger partial charge >= 0.3 is 0 Å². The quantitative estimate of drug-likeness (QED) is 0.916. The SMILES string of the molecule is CC(C)(C)C(N)c1noc(C2CCCc3ccccc32)n1. The minimum absolute atomic E-state index is 0.0778. The lowest BCUT2D eigenvalue weighted by Gasteiger charge is -2.24. The molecule has 4 nitrogen and oxygen atoms in total. The van der Waals surface area contributed by atoms with Crippen LogP contribution in [0.3, 0.4) is 0 Å². The van der Waals surface area contributed by atoms with E-state index in [1.807, 2.05) is 0 Å². The van der Waals surface area contributed by atoms with E-state index < -0.39 is 0 Å². The maximum absolute atomic E-state index is 6.22. The van der Waals surface area contributed by atoms with Gasteiger partial charge in [-0.15, -0.1) is 0 Å². The zero-order valence-electron chi connectivity index (χ0n) is 13.0. The highest BCUT2D eigenvalue weighted by atomic mass is 16.5. The maximum atomic E-state index is 6.22. The number of benzene rings is 1. The Kier molecular flexibility index (Phi) is 3.57. The van der Waals surface area contributed by atoms with Gasteiger partial charge in [-0.25, -0.2) is 0 Å². The molecule has 3 rings (SSSR count). The third-order valence-electron chi connectivity index (χ3n) is 4.34. The van der Waals surface area contributed by atoms with Crippen LogP contribution in [0.15, 0.2) is 28.8 Å². The first kappa shape index (κ1) is 14.3. The number of hydrogen-bond donors (Lipinski definition) is 1. The lowest BCUT2D eigenvalue weighted by molar-refractivity contribution is 0.298. The number of nitrogens with zero attached hydrogens (tertiary/aromatic N) is 2. The molecule has 1 aromatic carbocycles. The second kappa shape index (κ2) is 5.26. The summed E-state index contributed by atoms with van der Waals surface area (Å²) in [4.78, 5) is 4.60. The van der Waals surface area contributed by atoms with Crippen molar-refractivity contribution in [3.05, 3.63) is 47.1 Å². The Labute approximate surface area is 125 Å². The van der Waals surface area contributed by atoms with Crippen molar-refractivity contribution in [1.82, 2.24) is 10.1 Å². The molecule has 2 aromatic rings. The van der Waals surface area contributed by atoms with Crippen LogP contribution in [-0.4, -0.2) is 10.1 Å². The monoisotopic (exact) mass is 285 g/mol. The molecule has 1 aromatic heterocycles. The van der Waals surface area contributed by atoms with Crippen LogP contribution in [0.5, 0.6) is 0 Å². The average Bonchev–Trinajstić information content (AvgIpc) is 2.94. The Hall–Kier alpha value is -1.68. The minimum atomic E-state index is -0.214. The first-order chi connectivity index (χ1) is 9.97. The standard InChI is InChI=1S/C17H23N3O/c1-17(2,3)14(18)15-19-16(21-20-15)13-10-6-8-11-7-4-5-9-12(11)13/h4-5,7,9,13-14H,6,8,10,18H2,1-3H3. The Morgan fingerprint density at radius 1 is 1.29 bits per heavy atom. The summed E-state index contributed by atoms with van der Waals surface area (Å²) in [7, 11) is 0. The number of nitrogens with two attached hydrogens (primary N) is 1. The fourth-order valence-corrected chi connectivity index (χ4v) is 2.91. The first-order valence-electron chi connectivity index (χ1n) is 7.63. The van der Waals surface area contributed by atoms with Crippen molar-refractivity contribution >= 4 is 0 Å². The van der Waals surface area contributed by atoms with E-state index >= 15 is 0 Å². The van der Waals surface area contributed by atoms with E-state index in [-0.39, 0.29) is 17.4 Å². The predicted octanol–water partition coefficient (Wildman–Crippen LogP) is 3.58. The Balaban J connectivity index is 1.91. The molecule has 4 heteroatoms. The second-order valence-electron chi connectivity index (χ2n) is 6.98. The Morgan fingerprint density at radius 2 is 2.05 bits per heavy atom. The van der Waals surface area contributed by atoms with Crippen LogP contribution < -0.4 is 5.73 Å². The highest BCUT2D eigenvalue weighted by Gasteiger charge is 2.30. The van der Waals surface area contributed by atoms with E-state index in [0.717, 1.165) is 19.3 Å². The molecular weight excluding hydrogens is 262 g/mol. The van der Waals surface area contributed by atoms with E-state index in [1.165, 1.54) is 11.1 Å². The molecule has 2 unspecified atom stereocenters. The number of aryl methyl sites for hydroxylation is 1. The van der Waals surface area contributed by atoms with Gasteiger partial charge in [-0.05, 0) is 35.8 Å². The average molecular weight is 285 g/mol. The molecule has 1 aliphatic rings. The van der Waals surface area contributed by atoms with E-state index in [0.29, 0.717) is 11.7 Å². The summed E-state index contributed by atoms with van der Waals surface area (Å²) in [5, 5.41) is 4.12. The summed E-state index contributed by atoms with van der Waals surface area (Å²) in [5.41, 5.74) is 8.87. The van der Waals surface area contributed by atoms with E-state index in [1.54, 1.807) is 0 Å². The van der Waals surface area contributed by atoms with Crippen molar-refractivity contribution < 1.29 is 4.52 Å². The zero-order valence-corrected chi connectivity index (χ0v) is 13.0. The fourth-order valence-electron chi connectivity index (χ4n) is 2.91. The fraction of sp³-hybridized carbons (Fsp3) is 0.529. The molecule has 1 aliphatic carbocycles. The van der Waals surface area contributed by atoms with Crippen LogP contribution in [0.25, 0.3) is 0 Å². The van der Waals surface area contributed by atoms with Crippen molar-refractivity contribution in [2.24, 2.45) is 11.1 Å². The van der Waals surface area contributed by atoms with Gasteiger partial charge in [0.15, 0.2) is 5.82 Å². The largest absolute Gasteiger partial charge is 0.339 e. The van der Waals surface area contributed by atoms with Crippen LogP contribution in [0.4, 0.5) is 0 Å². The summed E-state index contributed by atoms with van der Waals surface area (Å²) in [6.07, 6.45) is 3.35. The predicted molar refractivity (Wildman–Crippen MR) is 81.9 cm³/mol. The van der Waals surface area contributed by atoms with Gasteiger partial charge in [0.05, 0.1) is 12.0 Å². The molecule has 2 atom stereocenters. The van der Waals surface area contributed by atoms with E-state index in [9.17, 15) is 0 Å². The van der Waals surface area contributed by atoms with Crippen molar-refractivity contribution in [3.63, 3.8) is 0 Å². The summed E-state index contributed by atoms with van der Waals surface area (Å²) < 4.78 is 5.54. The Bertz CT molecular complexity index is 627. The van der Waals surface area contributed by atoms with Gasteiger partial charge in [0.2, 0.25) is 5.89 Å². The molecular formula is C17H23N3O. The molecule has 0 saturated carbocycles. The topological polar surface area (TPSA) is 64.9 Å². The van der Waals surface area contributed by atoms with Gasteiger partial charge in [0.25, 0.3) is 0 Å². The van der Waals surface area contributed by atoms with Crippen LogP contribution in [0.2, 0.25) is 0 Å². The smallest absolute Gasteiger partial charge is 0.234 e. The van der Waals surface area contributed by atoms with Gasteiger partial charge in [0, 0.05) is 0 Å². The Morgan fingerprint density at radius 3 is 2.81 bits per heavy atom. The lowest BCUT2D eigenvalue weighted by atomic mass is 9.82. The molecule has 0 radical (unpaired) electrons. The van der Waals surface area contributed by atoms with E-state index in [4.69, 9.17) is 10.3 Å². The van der Waals surface area contributed by atoms with E-state index in [2.05, 4.69) is 55.2 Å². The van der Waals surface area contributed by atoms with Crippen molar-refractivity contribution in [1.29, 1.82) is 0 Å². The molecule has 0 amide bonds. The molecule has 21 heavy (non-hydrogen) atoms. The normalized spacial score (nSPS) is 20.1. The third kappa shape index (κ3) is 2.72. The number of aromatic nitrogens is 2. The number of rotatable bonds is 2. The first-order valence-corrected chi connectivity index (χ1v) is 7.63. The van der Waals surface area contributed by atoms with Crippen molar-refractivity contribution in [3.8, 4) is 0 Å². The highest BCUT2D eigenvalue weighted by molar-refractivity contribution is 5.35. The molecule has 0 aliphatic heterocycles. The molecule has 112 valence electrons. The molecule has 1 heterocycles. The third-order valence-corrected chi connectivity index (χ3v) is 4.34. The summed E-state index contributed by atoms with van der Waals surface area (Å²) in [6.45, 7) is 6.26. The van der Waals surface area contributed by atoms with Gasteiger partial charge in [-0.1, -0.05) is 50.2 Å². The van der Waals surface area contributed by atoms with Crippen LogP contribution >= 0.6 is 0 Å². The summed E-state index contributed by atoms with van der Waals surface area (Å²) >= 11 is 0. The summed E-state index contributed by atoms with van der Waals surface area (Å²) in [5.74, 6) is 1.53. The van der Waals surface area contributed by atoms with Crippen LogP contribution in [-0.2, 0) is 6.42 Å². The highest BCUT2D eigenvalue weighted by Crippen LogP contribution is 2.37. The van der Waals surface area contributed by atoms with Gasteiger partial charge < -0.3 is 10.3 Å². The molecule has 0 bridgehead atoms. The molecule has 0 saturated heterocycles. The molecule has 0 spiro atoms. The van der Waals surface area contributed by atoms with Crippen molar-refractivity contribution in [2.45, 2.75) is 52.0 Å². The van der Waals surface area contributed by atoms with Gasteiger partial charge in [-0.2, -0.15) is 4.98 Å². The van der Waals surface area contributed by atoms with Crippen LogP contribution in [0, 0.1) is 5.41 Å². The zero-order chi connectivity index (χ0) is 15.0. The van der Waals surface area contributed by atoms with Crippen molar-refractivity contribution in [2.75, 3.05) is 0 Å². The lowest BCUT2D eigenvalue weighted by Crippen LogP contribution is -2.27. The van der Waals surface area contributed by atoms with Crippen LogP contribution in [0.1, 0.15) is 68.4 Å².